The molecule has 2 aliphatic rings. The van der Waals surface area contributed by atoms with Crippen LogP contribution < -0.4 is 10.2 Å². The average molecular weight is 311 g/mol. The van der Waals surface area contributed by atoms with E-state index in [-0.39, 0.29) is 41.4 Å². The molecule has 1 saturated carbocycles. The van der Waals surface area contributed by atoms with Gasteiger partial charge in [-0.2, -0.15) is 0 Å². The summed E-state index contributed by atoms with van der Waals surface area (Å²) in [6, 6.07) is 4.21. The maximum absolute atomic E-state index is 14.1. The number of benzene rings is 1. The van der Waals surface area contributed by atoms with Gasteiger partial charge in [0.15, 0.2) is 0 Å². The number of hydrogen-bond acceptors (Lipinski definition) is 2. The minimum absolute atomic E-state index is 0.130. The van der Waals surface area contributed by atoms with Crippen molar-refractivity contribution in [3.8, 4) is 0 Å². The van der Waals surface area contributed by atoms with Crippen molar-refractivity contribution in [3.05, 3.63) is 29.0 Å². The summed E-state index contributed by atoms with van der Waals surface area (Å²) < 4.78 is 14.1. The molecule has 0 spiro atoms. The Hall–Kier alpha value is -1.62. The van der Waals surface area contributed by atoms with Crippen LogP contribution in [0.25, 0.3) is 0 Å². The molecule has 4 nitrogen and oxygen atoms in total. The molecule has 3 rings (SSSR count). The van der Waals surface area contributed by atoms with E-state index in [1.54, 1.807) is 13.0 Å². The lowest BCUT2D eigenvalue weighted by Gasteiger charge is -2.32. The summed E-state index contributed by atoms with van der Waals surface area (Å²) in [6.45, 7) is 1.91. The molecule has 6 heteroatoms. The Bertz CT molecular complexity index is 618. The van der Waals surface area contributed by atoms with Crippen molar-refractivity contribution < 1.29 is 14.0 Å². The van der Waals surface area contributed by atoms with Crippen molar-refractivity contribution in [2.75, 3.05) is 11.4 Å². The SMILES string of the molecule is CC1(C2CC2)NC(=O)CCN(c2ccc(Cl)cc2F)C1=O. The summed E-state index contributed by atoms with van der Waals surface area (Å²) >= 11 is 5.75. The second kappa shape index (κ2) is 4.98. The number of hydrogen-bond donors (Lipinski definition) is 1. The van der Waals surface area contributed by atoms with Gasteiger partial charge in [-0.05, 0) is 43.9 Å². The van der Waals surface area contributed by atoms with Gasteiger partial charge in [0.05, 0.1) is 5.69 Å². The van der Waals surface area contributed by atoms with Crippen LogP contribution in [0.15, 0.2) is 18.2 Å². The fourth-order valence-corrected chi connectivity index (χ4v) is 3.03. The molecule has 1 aliphatic carbocycles. The van der Waals surface area contributed by atoms with Crippen molar-refractivity contribution in [1.29, 1.82) is 0 Å². The minimum atomic E-state index is -0.945. The van der Waals surface area contributed by atoms with Crippen LogP contribution in [-0.2, 0) is 9.59 Å². The third-order valence-electron chi connectivity index (χ3n) is 4.25. The fourth-order valence-electron chi connectivity index (χ4n) is 2.87. The van der Waals surface area contributed by atoms with Gasteiger partial charge < -0.3 is 10.2 Å². The number of carbonyl (C=O) groups is 2. The molecule has 0 radical (unpaired) electrons. The van der Waals surface area contributed by atoms with Crippen LogP contribution in [0.5, 0.6) is 0 Å². The summed E-state index contributed by atoms with van der Waals surface area (Å²) in [5, 5.41) is 3.09. The molecule has 1 unspecified atom stereocenters. The molecule has 0 aromatic heterocycles. The summed E-state index contributed by atoms with van der Waals surface area (Å²) in [5.41, 5.74) is -0.771. The molecule has 1 aliphatic heterocycles. The summed E-state index contributed by atoms with van der Waals surface area (Å²) in [7, 11) is 0. The molecule has 1 atom stereocenters. The molecule has 1 aromatic rings. The van der Waals surface area contributed by atoms with Gasteiger partial charge in [-0.1, -0.05) is 11.6 Å². The van der Waals surface area contributed by atoms with Crippen molar-refractivity contribution in [1.82, 2.24) is 5.32 Å². The van der Waals surface area contributed by atoms with Crippen LogP contribution in [0.2, 0.25) is 5.02 Å². The molecule has 1 saturated heterocycles. The van der Waals surface area contributed by atoms with E-state index in [1.165, 1.54) is 17.0 Å². The zero-order chi connectivity index (χ0) is 15.2. The van der Waals surface area contributed by atoms with Crippen LogP contribution in [0.1, 0.15) is 26.2 Å². The second-order valence-corrected chi connectivity index (χ2v) is 6.26. The third kappa shape index (κ3) is 2.50. The molecule has 2 fully saturated rings. The number of anilines is 1. The Balaban J connectivity index is 2.00. The van der Waals surface area contributed by atoms with Gasteiger partial charge in [0.25, 0.3) is 5.91 Å². The molecule has 2 amide bonds. The summed E-state index contributed by atoms with van der Waals surface area (Å²) in [6.07, 6.45) is 1.97. The van der Waals surface area contributed by atoms with Crippen LogP contribution in [-0.4, -0.2) is 23.9 Å². The highest BCUT2D eigenvalue weighted by Crippen LogP contribution is 2.42. The maximum Gasteiger partial charge on any atom is 0.252 e. The molecule has 112 valence electrons. The van der Waals surface area contributed by atoms with E-state index in [9.17, 15) is 14.0 Å². The van der Waals surface area contributed by atoms with Crippen molar-refractivity contribution in [2.45, 2.75) is 31.7 Å². The summed E-state index contributed by atoms with van der Waals surface area (Å²) in [4.78, 5) is 26.1. The molecule has 1 heterocycles. The molecular formula is C15H16ClFN2O2. The highest BCUT2D eigenvalue weighted by molar-refractivity contribution is 6.30. The molecule has 1 N–H and O–H groups in total. The van der Waals surface area contributed by atoms with E-state index in [0.717, 1.165) is 12.8 Å². The fraction of sp³-hybridized carbons (Fsp3) is 0.467. The maximum atomic E-state index is 14.1. The van der Waals surface area contributed by atoms with Gasteiger partial charge in [-0.3, -0.25) is 9.59 Å². The Morgan fingerprint density at radius 2 is 2.10 bits per heavy atom. The Morgan fingerprint density at radius 1 is 1.38 bits per heavy atom. The lowest BCUT2D eigenvalue weighted by atomic mass is 9.94. The third-order valence-corrected chi connectivity index (χ3v) is 4.48. The molecule has 0 bridgehead atoms. The van der Waals surface area contributed by atoms with E-state index >= 15 is 0 Å². The number of rotatable bonds is 2. The highest BCUT2D eigenvalue weighted by atomic mass is 35.5. The zero-order valence-corrected chi connectivity index (χ0v) is 12.4. The molecule has 1 aromatic carbocycles. The predicted octanol–water partition coefficient (Wildman–Crippen LogP) is 2.50. The quantitative estimate of drug-likeness (QED) is 0.912. The molecular weight excluding hydrogens is 295 g/mol. The van der Waals surface area contributed by atoms with Gasteiger partial charge in [0.1, 0.15) is 11.4 Å². The van der Waals surface area contributed by atoms with E-state index in [4.69, 9.17) is 11.6 Å². The van der Waals surface area contributed by atoms with E-state index in [2.05, 4.69) is 5.32 Å². The normalized spacial score (nSPS) is 26.5. The average Bonchev–Trinajstić information content (AvgIpc) is 3.24. The highest BCUT2D eigenvalue weighted by Gasteiger charge is 2.51. The van der Waals surface area contributed by atoms with Gasteiger partial charge in [-0.25, -0.2) is 4.39 Å². The van der Waals surface area contributed by atoms with Crippen LogP contribution in [0.4, 0.5) is 10.1 Å². The standard InChI is InChI=1S/C15H16ClFN2O2/c1-15(9-2-3-9)14(21)19(7-6-13(20)18-15)12-5-4-10(16)8-11(12)17/h4-5,8-9H,2-3,6-7H2,1H3,(H,18,20). The smallest absolute Gasteiger partial charge is 0.252 e. The topological polar surface area (TPSA) is 49.4 Å². The first-order valence-electron chi connectivity index (χ1n) is 7.00. The Kier molecular flexibility index (Phi) is 3.40. The van der Waals surface area contributed by atoms with Crippen LogP contribution >= 0.6 is 11.6 Å². The number of nitrogens with zero attached hydrogens (tertiary/aromatic N) is 1. The Labute approximate surface area is 127 Å². The number of amides is 2. The minimum Gasteiger partial charge on any atom is -0.342 e. The van der Waals surface area contributed by atoms with E-state index in [0.29, 0.717) is 0 Å². The van der Waals surface area contributed by atoms with Gasteiger partial charge in [-0.15, -0.1) is 0 Å². The lowest BCUT2D eigenvalue weighted by Crippen LogP contribution is -2.57. The van der Waals surface area contributed by atoms with Crippen molar-refractivity contribution >= 4 is 29.1 Å². The number of halogens is 2. The van der Waals surface area contributed by atoms with Crippen molar-refractivity contribution in [3.63, 3.8) is 0 Å². The first-order chi connectivity index (χ1) is 9.91. The zero-order valence-electron chi connectivity index (χ0n) is 11.7. The van der Waals surface area contributed by atoms with Gasteiger partial charge >= 0.3 is 0 Å². The second-order valence-electron chi connectivity index (χ2n) is 5.83. The first kappa shape index (κ1) is 14.3. The largest absolute Gasteiger partial charge is 0.342 e. The van der Waals surface area contributed by atoms with Crippen molar-refractivity contribution in [2.24, 2.45) is 5.92 Å². The Morgan fingerprint density at radius 3 is 2.71 bits per heavy atom. The first-order valence-corrected chi connectivity index (χ1v) is 7.37. The van der Waals surface area contributed by atoms with Gasteiger partial charge in [0, 0.05) is 18.0 Å². The number of nitrogens with one attached hydrogen (secondary N) is 1. The lowest BCUT2D eigenvalue weighted by molar-refractivity contribution is -0.130. The monoisotopic (exact) mass is 310 g/mol. The van der Waals surface area contributed by atoms with Crippen LogP contribution in [0.3, 0.4) is 0 Å². The van der Waals surface area contributed by atoms with E-state index < -0.39 is 11.4 Å². The predicted molar refractivity (Wildman–Crippen MR) is 77.7 cm³/mol. The number of carbonyl (C=O) groups excluding carboxylic acids is 2. The van der Waals surface area contributed by atoms with Gasteiger partial charge in [0.2, 0.25) is 5.91 Å². The molecule has 21 heavy (non-hydrogen) atoms. The van der Waals surface area contributed by atoms with E-state index in [1.807, 2.05) is 0 Å². The van der Waals surface area contributed by atoms with Crippen LogP contribution in [0, 0.1) is 11.7 Å². The summed E-state index contributed by atoms with van der Waals surface area (Å²) in [5.74, 6) is -0.847.